The predicted molar refractivity (Wildman–Crippen MR) is 82.9 cm³/mol. The lowest BCUT2D eigenvalue weighted by atomic mass is 10.1. The molecule has 1 atom stereocenters. The minimum absolute atomic E-state index is 0.0160. The SMILES string of the molecule is NCC(=O)NCC(=O)N(Cc1cccc(F)c1)CC1CCCO1. The molecule has 0 aromatic heterocycles. The second-order valence-corrected chi connectivity index (χ2v) is 5.52. The number of rotatable bonds is 7. The molecule has 1 aliphatic heterocycles. The molecule has 0 aliphatic carbocycles. The summed E-state index contributed by atoms with van der Waals surface area (Å²) in [6, 6.07) is 6.12. The first-order chi connectivity index (χ1) is 11.1. The van der Waals surface area contributed by atoms with Gasteiger partial charge >= 0.3 is 0 Å². The average Bonchev–Trinajstić information content (AvgIpc) is 3.04. The summed E-state index contributed by atoms with van der Waals surface area (Å²) in [6.07, 6.45) is 1.84. The van der Waals surface area contributed by atoms with Crippen LogP contribution in [-0.4, -0.2) is 49.1 Å². The van der Waals surface area contributed by atoms with Gasteiger partial charge in [0.1, 0.15) is 5.82 Å². The van der Waals surface area contributed by atoms with Crippen LogP contribution >= 0.6 is 0 Å². The van der Waals surface area contributed by atoms with Crippen molar-refractivity contribution in [3.8, 4) is 0 Å². The summed E-state index contributed by atoms with van der Waals surface area (Å²) in [7, 11) is 0. The summed E-state index contributed by atoms with van der Waals surface area (Å²) in [5.74, 6) is -0.976. The van der Waals surface area contributed by atoms with Gasteiger partial charge in [0.25, 0.3) is 0 Å². The van der Waals surface area contributed by atoms with E-state index >= 15 is 0 Å². The van der Waals surface area contributed by atoms with Gasteiger partial charge in [0, 0.05) is 19.7 Å². The van der Waals surface area contributed by atoms with E-state index in [2.05, 4.69) is 5.32 Å². The highest BCUT2D eigenvalue weighted by Gasteiger charge is 2.23. The van der Waals surface area contributed by atoms with Gasteiger partial charge in [-0.05, 0) is 30.5 Å². The predicted octanol–water partition coefficient (Wildman–Crippen LogP) is 0.408. The van der Waals surface area contributed by atoms with Crippen LogP contribution < -0.4 is 11.1 Å². The lowest BCUT2D eigenvalue weighted by Crippen LogP contribution is -2.44. The van der Waals surface area contributed by atoms with Gasteiger partial charge in [-0.15, -0.1) is 0 Å². The topological polar surface area (TPSA) is 84.7 Å². The van der Waals surface area contributed by atoms with Crippen LogP contribution in [0.15, 0.2) is 24.3 Å². The van der Waals surface area contributed by atoms with Crippen LogP contribution in [0.25, 0.3) is 0 Å². The third-order valence-corrected chi connectivity index (χ3v) is 3.69. The zero-order valence-corrected chi connectivity index (χ0v) is 13.0. The van der Waals surface area contributed by atoms with Crippen molar-refractivity contribution in [3.63, 3.8) is 0 Å². The number of nitrogens with zero attached hydrogens (tertiary/aromatic N) is 1. The Bertz CT molecular complexity index is 547. The molecule has 126 valence electrons. The van der Waals surface area contributed by atoms with E-state index in [0.29, 0.717) is 18.7 Å². The van der Waals surface area contributed by atoms with E-state index in [0.717, 1.165) is 12.8 Å². The Kier molecular flexibility index (Phi) is 6.49. The maximum absolute atomic E-state index is 13.3. The first-order valence-corrected chi connectivity index (χ1v) is 7.69. The lowest BCUT2D eigenvalue weighted by molar-refractivity contribution is -0.134. The van der Waals surface area contributed by atoms with Crippen LogP contribution in [0.2, 0.25) is 0 Å². The first kappa shape index (κ1) is 17.4. The van der Waals surface area contributed by atoms with Crippen molar-refractivity contribution in [2.45, 2.75) is 25.5 Å². The van der Waals surface area contributed by atoms with Crippen molar-refractivity contribution in [1.29, 1.82) is 0 Å². The molecule has 1 unspecified atom stereocenters. The minimum atomic E-state index is -0.388. The fourth-order valence-electron chi connectivity index (χ4n) is 2.50. The van der Waals surface area contributed by atoms with Crippen LogP contribution in [0.5, 0.6) is 0 Å². The van der Waals surface area contributed by atoms with Gasteiger partial charge in [-0.25, -0.2) is 4.39 Å². The quantitative estimate of drug-likeness (QED) is 0.761. The Morgan fingerprint density at radius 2 is 2.26 bits per heavy atom. The van der Waals surface area contributed by atoms with Crippen molar-refractivity contribution in [2.24, 2.45) is 5.73 Å². The van der Waals surface area contributed by atoms with Gasteiger partial charge in [-0.3, -0.25) is 9.59 Å². The number of ether oxygens (including phenoxy) is 1. The van der Waals surface area contributed by atoms with Gasteiger partial charge < -0.3 is 20.7 Å². The summed E-state index contributed by atoms with van der Waals surface area (Å²) in [5, 5.41) is 2.46. The van der Waals surface area contributed by atoms with Crippen molar-refractivity contribution in [2.75, 3.05) is 26.2 Å². The van der Waals surface area contributed by atoms with Gasteiger partial charge in [-0.2, -0.15) is 0 Å². The number of amides is 2. The van der Waals surface area contributed by atoms with Crippen LogP contribution in [0.4, 0.5) is 4.39 Å². The van der Waals surface area contributed by atoms with Crippen molar-refractivity contribution in [1.82, 2.24) is 10.2 Å². The summed E-state index contributed by atoms with van der Waals surface area (Å²) >= 11 is 0. The third-order valence-electron chi connectivity index (χ3n) is 3.69. The molecule has 1 heterocycles. The summed E-state index contributed by atoms with van der Waals surface area (Å²) < 4.78 is 18.9. The maximum atomic E-state index is 13.3. The molecule has 2 amide bonds. The zero-order chi connectivity index (χ0) is 16.7. The molecule has 2 rings (SSSR count). The number of nitrogens with two attached hydrogens (primary N) is 1. The highest BCUT2D eigenvalue weighted by Crippen LogP contribution is 2.15. The Labute approximate surface area is 134 Å². The highest BCUT2D eigenvalue weighted by atomic mass is 19.1. The number of hydrogen-bond donors (Lipinski definition) is 2. The normalized spacial score (nSPS) is 17.0. The van der Waals surface area contributed by atoms with Crippen LogP contribution in [-0.2, 0) is 20.9 Å². The van der Waals surface area contributed by atoms with E-state index in [9.17, 15) is 14.0 Å². The molecule has 1 aromatic carbocycles. The van der Waals surface area contributed by atoms with Crippen LogP contribution in [0.3, 0.4) is 0 Å². The van der Waals surface area contributed by atoms with Crippen molar-refractivity contribution >= 4 is 11.8 Å². The van der Waals surface area contributed by atoms with Gasteiger partial charge in [0.15, 0.2) is 0 Å². The smallest absolute Gasteiger partial charge is 0.242 e. The molecule has 1 aromatic rings. The molecule has 7 heteroatoms. The number of carbonyl (C=O) groups excluding carboxylic acids is 2. The number of nitrogens with one attached hydrogen (secondary N) is 1. The minimum Gasteiger partial charge on any atom is -0.376 e. The number of benzene rings is 1. The fourth-order valence-corrected chi connectivity index (χ4v) is 2.50. The fraction of sp³-hybridized carbons (Fsp3) is 0.500. The van der Waals surface area contributed by atoms with Gasteiger partial charge in [-0.1, -0.05) is 12.1 Å². The largest absolute Gasteiger partial charge is 0.376 e. The molecule has 3 N–H and O–H groups in total. The Balaban J connectivity index is 2.00. The number of halogens is 1. The summed E-state index contributed by atoms with van der Waals surface area (Å²) in [4.78, 5) is 25.2. The molecule has 1 fully saturated rings. The van der Waals surface area contributed by atoms with E-state index in [4.69, 9.17) is 10.5 Å². The highest BCUT2D eigenvalue weighted by molar-refractivity contribution is 5.85. The van der Waals surface area contributed by atoms with E-state index in [1.54, 1.807) is 17.0 Å². The Morgan fingerprint density at radius 3 is 2.91 bits per heavy atom. The zero-order valence-electron chi connectivity index (χ0n) is 13.0. The summed E-state index contributed by atoms with van der Waals surface area (Å²) in [6.45, 7) is 1.10. The van der Waals surface area contributed by atoms with Crippen molar-refractivity contribution in [3.05, 3.63) is 35.6 Å². The Hall–Kier alpha value is -1.99. The molecule has 0 spiro atoms. The van der Waals surface area contributed by atoms with Crippen LogP contribution in [0.1, 0.15) is 18.4 Å². The first-order valence-electron chi connectivity index (χ1n) is 7.69. The molecule has 6 nitrogen and oxygen atoms in total. The third kappa shape index (κ3) is 5.61. The molecule has 0 radical (unpaired) electrons. The van der Waals surface area contributed by atoms with Crippen molar-refractivity contribution < 1.29 is 18.7 Å². The Morgan fingerprint density at radius 1 is 1.43 bits per heavy atom. The molecule has 1 aliphatic rings. The maximum Gasteiger partial charge on any atom is 0.242 e. The van der Waals surface area contributed by atoms with Crippen LogP contribution in [0, 0.1) is 5.82 Å². The molecular weight excluding hydrogens is 301 g/mol. The van der Waals surface area contributed by atoms with E-state index in [-0.39, 0.29) is 43.4 Å². The lowest BCUT2D eigenvalue weighted by Gasteiger charge is -2.26. The average molecular weight is 323 g/mol. The second kappa shape index (κ2) is 8.59. The standard InChI is InChI=1S/C16H22FN3O3/c17-13-4-1-3-12(7-13)10-20(11-14-5-2-6-23-14)16(22)9-19-15(21)8-18/h1,3-4,7,14H,2,5-6,8-11,18H2,(H,19,21). The van der Waals surface area contributed by atoms with E-state index in [1.165, 1.54) is 12.1 Å². The molecule has 0 saturated carbocycles. The molecular formula is C16H22FN3O3. The second-order valence-electron chi connectivity index (χ2n) is 5.52. The van der Waals surface area contributed by atoms with Gasteiger partial charge in [0.05, 0.1) is 19.2 Å². The van der Waals surface area contributed by atoms with Gasteiger partial charge in [0.2, 0.25) is 11.8 Å². The van der Waals surface area contributed by atoms with E-state index < -0.39 is 0 Å². The number of hydrogen-bond acceptors (Lipinski definition) is 4. The molecule has 1 saturated heterocycles. The number of carbonyl (C=O) groups is 2. The van der Waals surface area contributed by atoms with E-state index in [1.807, 2.05) is 0 Å². The monoisotopic (exact) mass is 323 g/mol. The molecule has 23 heavy (non-hydrogen) atoms. The molecule has 0 bridgehead atoms. The summed E-state index contributed by atoms with van der Waals surface area (Å²) in [5.41, 5.74) is 5.90.